The lowest BCUT2D eigenvalue weighted by atomic mass is 10.2. The largest absolute Gasteiger partial charge is 0.394 e. The van der Waals surface area contributed by atoms with Crippen molar-refractivity contribution in [1.29, 1.82) is 0 Å². The van der Waals surface area contributed by atoms with Gasteiger partial charge in [0.2, 0.25) is 5.91 Å². The molecule has 0 aromatic carbocycles. The lowest BCUT2D eigenvalue weighted by molar-refractivity contribution is -0.121. The Labute approximate surface area is 84.4 Å². The van der Waals surface area contributed by atoms with Gasteiger partial charge in [-0.05, 0) is 13.3 Å². The zero-order valence-corrected chi connectivity index (χ0v) is 9.47. The van der Waals surface area contributed by atoms with Crippen LogP contribution < -0.4 is 5.32 Å². The number of sulfone groups is 1. The molecule has 0 fully saturated rings. The first-order valence-electron chi connectivity index (χ1n) is 4.43. The number of carbonyl (C=O) groups excluding carboxylic acids is 1. The summed E-state index contributed by atoms with van der Waals surface area (Å²) >= 11 is 0. The molecule has 0 aliphatic heterocycles. The fourth-order valence-corrected chi connectivity index (χ4v) is 1.25. The summed E-state index contributed by atoms with van der Waals surface area (Å²) in [7, 11) is -3.36. The van der Waals surface area contributed by atoms with Gasteiger partial charge in [0.05, 0.1) is 12.6 Å². The van der Waals surface area contributed by atoms with Gasteiger partial charge in [0.15, 0.2) is 9.84 Å². The molecule has 0 saturated carbocycles. The van der Waals surface area contributed by atoms with E-state index in [1.54, 1.807) is 6.92 Å². The van der Waals surface area contributed by atoms with Crippen molar-refractivity contribution in [3.05, 3.63) is 0 Å². The summed E-state index contributed by atoms with van der Waals surface area (Å²) in [4.78, 5) is 11.3. The highest BCUT2D eigenvalue weighted by atomic mass is 32.2. The highest BCUT2D eigenvalue weighted by Gasteiger charge is 2.24. The molecule has 0 spiro atoms. The number of amides is 1. The van der Waals surface area contributed by atoms with Crippen LogP contribution in [0.3, 0.4) is 0 Å². The van der Waals surface area contributed by atoms with Crippen LogP contribution in [0.15, 0.2) is 0 Å². The summed E-state index contributed by atoms with van der Waals surface area (Å²) < 4.78 is 22.0. The predicted molar refractivity (Wildman–Crippen MR) is 53.6 cm³/mol. The van der Waals surface area contributed by atoms with Crippen molar-refractivity contribution >= 4 is 15.7 Å². The SMILES string of the molecule is CC[C@H](CO)NC(=O)C(C)S(C)(=O)=O. The quantitative estimate of drug-likeness (QED) is 0.646. The number of nitrogens with one attached hydrogen (secondary N) is 1. The van der Waals surface area contributed by atoms with Gasteiger partial charge in [-0.3, -0.25) is 4.79 Å². The Kier molecular flexibility index (Phi) is 5.07. The maximum atomic E-state index is 11.3. The Morgan fingerprint density at radius 1 is 1.50 bits per heavy atom. The Hall–Kier alpha value is -0.620. The smallest absolute Gasteiger partial charge is 0.238 e. The molecule has 2 N–H and O–H groups in total. The molecule has 1 unspecified atom stereocenters. The van der Waals surface area contributed by atoms with Gasteiger partial charge in [0.25, 0.3) is 0 Å². The van der Waals surface area contributed by atoms with Gasteiger partial charge in [-0.15, -0.1) is 0 Å². The summed E-state index contributed by atoms with van der Waals surface area (Å²) in [5.74, 6) is -0.562. The Balaban J connectivity index is 4.35. The molecule has 0 bridgehead atoms. The van der Waals surface area contributed by atoms with Crippen molar-refractivity contribution in [2.24, 2.45) is 0 Å². The number of aliphatic hydroxyl groups excluding tert-OH is 1. The van der Waals surface area contributed by atoms with Crippen LogP contribution in [-0.4, -0.2) is 43.6 Å². The van der Waals surface area contributed by atoms with E-state index in [2.05, 4.69) is 5.32 Å². The third-order valence-corrected chi connectivity index (χ3v) is 3.57. The lowest BCUT2D eigenvalue weighted by Gasteiger charge is -2.16. The maximum absolute atomic E-state index is 11.3. The van der Waals surface area contributed by atoms with Gasteiger partial charge in [0.1, 0.15) is 5.25 Å². The molecule has 1 amide bonds. The molecule has 0 aromatic rings. The predicted octanol–water partition coefficient (Wildman–Crippen LogP) is -0.693. The highest BCUT2D eigenvalue weighted by molar-refractivity contribution is 7.92. The second kappa shape index (κ2) is 5.31. The van der Waals surface area contributed by atoms with Crippen LogP contribution in [0.1, 0.15) is 20.3 Å². The van der Waals surface area contributed by atoms with Gasteiger partial charge in [0, 0.05) is 6.26 Å². The van der Waals surface area contributed by atoms with Crippen LogP contribution in [0.5, 0.6) is 0 Å². The van der Waals surface area contributed by atoms with E-state index in [0.29, 0.717) is 6.42 Å². The molecule has 14 heavy (non-hydrogen) atoms. The minimum atomic E-state index is -3.36. The van der Waals surface area contributed by atoms with E-state index in [1.165, 1.54) is 6.92 Å². The first kappa shape index (κ1) is 13.4. The van der Waals surface area contributed by atoms with E-state index in [1.807, 2.05) is 0 Å². The van der Waals surface area contributed by atoms with E-state index in [-0.39, 0.29) is 12.6 Å². The van der Waals surface area contributed by atoms with Crippen LogP contribution in [0, 0.1) is 0 Å². The van der Waals surface area contributed by atoms with Gasteiger partial charge < -0.3 is 10.4 Å². The standard InChI is InChI=1S/C8H17NO4S/c1-4-7(5-10)9-8(11)6(2)14(3,12)13/h6-7,10H,4-5H2,1-3H3,(H,9,11)/t6?,7-/m1/s1. The Bertz CT molecular complexity index is 282. The third kappa shape index (κ3) is 4.06. The summed E-state index contributed by atoms with van der Waals surface area (Å²) in [6, 6.07) is -0.369. The van der Waals surface area contributed by atoms with E-state index in [0.717, 1.165) is 6.26 Å². The Morgan fingerprint density at radius 3 is 2.29 bits per heavy atom. The molecule has 0 saturated heterocycles. The molecule has 5 nitrogen and oxygen atoms in total. The van der Waals surface area contributed by atoms with Crippen molar-refractivity contribution in [3.8, 4) is 0 Å². The summed E-state index contributed by atoms with van der Waals surface area (Å²) in [6.45, 7) is 2.94. The van der Waals surface area contributed by atoms with Gasteiger partial charge >= 0.3 is 0 Å². The molecule has 0 aliphatic rings. The second-order valence-corrected chi connectivity index (χ2v) is 5.63. The summed E-state index contributed by atoms with van der Waals surface area (Å²) in [6.07, 6.45) is 1.58. The van der Waals surface area contributed by atoms with Gasteiger partial charge in [-0.2, -0.15) is 0 Å². The summed E-state index contributed by atoms with van der Waals surface area (Å²) in [5.41, 5.74) is 0. The van der Waals surface area contributed by atoms with Crippen LogP contribution >= 0.6 is 0 Å². The second-order valence-electron chi connectivity index (χ2n) is 3.27. The molecule has 6 heteroatoms. The average Bonchev–Trinajstić information content (AvgIpc) is 2.11. The lowest BCUT2D eigenvalue weighted by Crippen LogP contribution is -2.44. The topological polar surface area (TPSA) is 83.5 Å². The first-order chi connectivity index (χ1) is 6.32. The zero-order chi connectivity index (χ0) is 11.4. The minimum absolute atomic E-state index is 0.182. The Morgan fingerprint density at radius 2 is 2.00 bits per heavy atom. The van der Waals surface area contributed by atoms with Crippen LogP contribution in [0.4, 0.5) is 0 Å². The van der Waals surface area contributed by atoms with Crippen molar-refractivity contribution in [2.75, 3.05) is 12.9 Å². The molecule has 84 valence electrons. The third-order valence-electron chi connectivity index (χ3n) is 2.07. The zero-order valence-electron chi connectivity index (χ0n) is 8.65. The van der Waals surface area contributed by atoms with E-state index >= 15 is 0 Å². The summed E-state index contributed by atoms with van der Waals surface area (Å²) in [5, 5.41) is 10.2. The molecular weight excluding hydrogens is 206 g/mol. The number of rotatable bonds is 5. The molecule has 0 radical (unpaired) electrons. The maximum Gasteiger partial charge on any atom is 0.238 e. The first-order valence-corrected chi connectivity index (χ1v) is 6.38. The van der Waals surface area contributed by atoms with Crippen LogP contribution in [0.25, 0.3) is 0 Å². The van der Waals surface area contributed by atoms with Gasteiger partial charge in [-0.25, -0.2) is 8.42 Å². The van der Waals surface area contributed by atoms with E-state index < -0.39 is 21.0 Å². The van der Waals surface area contributed by atoms with Crippen molar-refractivity contribution in [3.63, 3.8) is 0 Å². The number of carbonyl (C=O) groups is 1. The average molecular weight is 223 g/mol. The molecule has 2 atom stereocenters. The molecular formula is C8H17NO4S. The molecule has 0 aromatic heterocycles. The molecule has 0 heterocycles. The van der Waals surface area contributed by atoms with E-state index in [9.17, 15) is 13.2 Å². The number of aliphatic hydroxyl groups is 1. The van der Waals surface area contributed by atoms with Crippen molar-refractivity contribution in [2.45, 2.75) is 31.6 Å². The van der Waals surface area contributed by atoms with Gasteiger partial charge in [-0.1, -0.05) is 6.92 Å². The van der Waals surface area contributed by atoms with E-state index in [4.69, 9.17) is 5.11 Å². The fourth-order valence-electron chi connectivity index (χ4n) is 0.790. The fraction of sp³-hybridized carbons (Fsp3) is 0.875. The highest BCUT2D eigenvalue weighted by Crippen LogP contribution is 1.99. The van der Waals surface area contributed by atoms with Crippen molar-refractivity contribution in [1.82, 2.24) is 5.32 Å². The number of hydrogen-bond acceptors (Lipinski definition) is 4. The normalized spacial score (nSPS) is 16.0. The monoisotopic (exact) mass is 223 g/mol. The minimum Gasteiger partial charge on any atom is -0.394 e. The molecule has 0 aliphatic carbocycles. The van der Waals surface area contributed by atoms with Crippen LogP contribution in [-0.2, 0) is 14.6 Å². The molecule has 0 rings (SSSR count). The van der Waals surface area contributed by atoms with Crippen LogP contribution in [0.2, 0.25) is 0 Å². The number of hydrogen-bond donors (Lipinski definition) is 2. The van der Waals surface area contributed by atoms with Crippen molar-refractivity contribution < 1.29 is 18.3 Å².